The van der Waals surface area contributed by atoms with E-state index in [0.29, 0.717) is 0 Å². The monoisotopic (exact) mass is 332 g/mol. The highest BCUT2D eigenvalue weighted by Gasteiger charge is 2.20. The summed E-state index contributed by atoms with van der Waals surface area (Å²) >= 11 is 0. The molecule has 0 saturated heterocycles. The zero-order chi connectivity index (χ0) is 17.6. The third-order valence-electron chi connectivity index (χ3n) is 6.20. The summed E-state index contributed by atoms with van der Waals surface area (Å²) in [6, 6.07) is 13.3. The second-order valence-electron chi connectivity index (χ2n) is 7.56. The number of fused-ring (bicyclic) bond motifs is 3. The fraction of sp³-hybridized carbons (Fsp3) is 0.391. The van der Waals surface area contributed by atoms with E-state index >= 15 is 0 Å². The number of hydrogen-bond donors (Lipinski definition) is 0. The minimum absolute atomic E-state index is 1.06. The minimum Gasteiger partial charge on any atom is -0.343 e. The molecular weight excluding hydrogens is 304 g/mol. The van der Waals surface area contributed by atoms with E-state index in [1.54, 1.807) is 0 Å². The number of benzene rings is 2. The van der Waals surface area contributed by atoms with Crippen molar-refractivity contribution in [1.29, 1.82) is 0 Å². The van der Waals surface area contributed by atoms with Gasteiger partial charge in [-0.2, -0.15) is 0 Å². The lowest BCUT2D eigenvalue weighted by Crippen LogP contribution is -2.26. The molecule has 1 aliphatic heterocycles. The van der Waals surface area contributed by atoms with Gasteiger partial charge in [-0.1, -0.05) is 30.3 Å². The fourth-order valence-electron chi connectivity index (χ4n) is 4.32. The van der Waals surface area contributed by atoms with Gasteiger partial charge in [0, 0.05) is 43.7 Å². The van der Waals surface area contributed by atoms with Gasteiger partial charge in [-0.25, -0.2) is 0 Å². The second-order valence-corrected chi connectivity index (χ2v) is 7.56. The van der Waals surface area contributed by atoms with E-state index in [2.05, 4.69) is 73.6 Å². The van der Waals surface area contributed by atoms with E-state index < -0.39 is 0 Å². The Morgan fingerprint density at radius 1 is 0.800 bits per heavy atom. The summed E-state index contributed by atoms with van der Waals surface area (Å²) in [5.74, 6) is 0. The van der Waals surface area contributed by atoms with Gasteiger partial charge in [0.1, 0.15) is 0 Å². The molecule has 0 fully saturated rings. The van der Waals surface area contributed by atoms with E-state index in [-0.39, 0.29) is 0 Å². The summed E-state index contributed by atoms with van der Waals surface area (Å²) < 4.78 is 2.59. The van der Waals surface area contributed by atoms with Crippen LogP contribution in [0.1, 0.15) is 33.5 Å². The first kappa shape index (κ1) is 16.4. The molecule has 1 aromatic heterocycles. The van der Waals surface area contributed by atoms with E-state index in [1.807, 2.05) is 0 Å². The lowest BCUT2D eigenvalue weighted by Gasteiger charge is -2.20. The standard InChI is InChI=1S/C23H28N2/c1-16-17(2)19(4)23-22(18(16)3)14-21-10-11-24(12-13-25(21)23)15-20-8-6-5-7-9-20/h5-9,14H,10-13,15H2,1-4H3. The fourth-order valence-corrected chi connectivity index (χ4v) is 4.32. The molecule has 130 valence electrons. The number of hydrogen-bond acceptors (Lipinski definition) is 1. The predicted molar refractivity (Wildman–Crippen MR) is 106 cm³/mol. The molecule has 1 aliphatic rings. The number of rotatable bonds is 2. The third kappa shape index (κ3) is 2.79. The number of aryl methyl sites for hydroxylation is 2. The molecule has 0 unspecified atom stereocenters. The van der Waals surface area contributed by atoms with Crippen LogP contribution in [0, 0.1) is 27.7 Å². The topological polar surface area (TPSA) is 8.17 Å². The van der Waals surface area contributed by atoms with Crippen molar-refractivity contribution in [1.82, 2.24) is 9.47 Å². The average molecular weight is 332 g/mol. The highest BCUT2D eigenvalue weighted by Crippen LogP contribution is 2.32. The molecule has 2 nitrogen and oxygen atoms in total. The molecule has 2 aromatic carbocycles. The normalized spacial score (nSPS) is 15.4. The van der Waals surface area contributed by atoms with Gasteiger partial charge in [-0.05, 0) is 61.6 Å². The summed E-state index contributed by atoms with van der Waals surface area (Å²) in [7, 11) is 0. The first-order chi connectivity index (χ1) is 12.1. The van der Waals surface area contributed by atoms with Crippen LogP contribution >= 0.6 is 0 Å². The number of nitrogens with zero attached hydrogens (tertiary/aromatic N) is 2. The van der Waals surface area contributed by atoms with E-state index in [0.717, 1.165) is 32.6 Å². The van der Waals surface area contributed by atoms with Crippen molar-refractivity contribution in [3.8, 4) is 0 Å². The van der Waals surface area contributed by atoms with E-state index in [9.17, 15) is 0 Å². The molecule has 25 heavy (non-hydrogen) atoms. The summed E-state index contributed by atoms with van der Waals surface area (Å²) in [6.45, 7) is 13.5. The Balaban J connectivity index is 1.67. The predicted octanol–water partition coefficient (Wildman–Crippen LogP) is 4.93. The van der Waals surface area contributed by atoms with Crippen molar-refractivity contribution in [2.75, 3.05) is 13.1 Å². The van der Waals surface area contributed by atoms with Gasteiger partial charge in [0.2, 0.25) is 0 Å². The molecule has 0 radical (unpaired) electrons. The Hall–Kier alpha value is -2.06. The first-order valence-electron chi connectivity index (χ1n) is 9.41. The van der Waals surface area contributed by atoms with Crippen LogP contribution in [0.2, 0.25) is 0 Å². The summed E-state index contributed by atoms with van der Waals surface area (Å²) in [5, 5.41) is 1.46. The van der Waals surface area contributed by atoms with Crippen LogP contribution in [0.15, 0.2) is 36.4 Å². The maximum absolute atomic E-state index is 2.59. The van der Waals surface area contributed by atoms with Gasteiger partial charge in [-0.3, -0.25) is 4.90 Å². The van der Waals surface area contributed by atoms with E-state index in [1.165, 1.54) is 44.4 Å². The zero-order valence-electron chi connectivity index (χ0n) is 15.9. The first-order valence-corrected chi connectivity index (χ1v) is 9.41. The lowest BCUT2D eigenvalue weighted by molar-refractivity contribution is 0.272. The highest BCUT2D eigenvalue weighted by atomic mass is 15.2. The minimum atomic E-state index is 1.06. The molecule has 2 heterocycles. The van der Waals surface area contributed by atoms with Gasteiger partial charge in [0.05, 0.1) is 5.52 Å². The molecule has 0 bridgehead atoms. The van der Waals surface area contributed by atoms with Crippen molar-refractivity contribution >= 4 is 10.9 Å². The molecule has 0 amide bonds. The highest BCUT2D eigenvalue weighted by molar-refractivity contribution is 5.89. The molecule has 0 spiro atoms. The number of aromatic nitrogens is 1. The third-order valence-corrected chi connectivity index (χ3v) is 6.20. The molecule has 0 atom stereocenters. The summed E-state index contributed by atoms with van der Waals surface area (Å²) in [4.78, 5) is 2.59. The van der Waals surface area contributed by atoms with Crippen LogP contribution in [0.3, 0.4) is 0 Å². The molecule has 0 saturated carbocycles. The van der Waals surface area contributed by atoms with Crippen LogP contribution in [-0.2, 0) is 19.5 Å². The smallest absolute Gasteiger partial charge is 0.0518 e. The molecule has 3 aromatic rings. The van der Waals surface area contributed by atoms with Gasteiger partial charge >= 0.3 is 0 Å². The van der Waals surface area contributed by atoms with Crippen LogP contribution in [0.4, 0.5) is 0 Å². The van der Waals surface area contributed by atoms with Crippen LogP contribution in [0.5, 0.6) is 0 Å². The van der Waals surface area contributed by atoms with Gasteiger partial charge in [0.25, 0.3) is 0 Å². The van der Waals surface area contributed by atoms with Crippen LogP contribution < -0.4 is 0 Å². The van der Waals surface area contributed by atoms with Crippen LogP contribution in [-0.4, -0.2) is 22.6 Å². The molecule has 0 aliphatic carbocycles. The van der Waals surface area contributed by atoms with Crippen molar-refractivity contribution in [2.45, 2.75) is 47.2 Å². The maximum Gasteiger partial charge on any atom is 0.0518 e. The Labute approximate surface area is 151 Å². The van der Waals surface area contributed by atoms with Gasteiger partial charge < -0.3 is 4.57 Å². The SMILES string of the molecule is Cc1c(C)c(C)c2c(cc3n2CCN(Cc2ccccc2)CC3)c1C. The Kier molecular flexibility index (Phi) is 4.16. The largest absolute Gasteiger partial charge is 0.343 e. The van der Waals surface area contributed by atoms with Gasteiger partial charge in [-0.15, -0.1) is 0 Å². The molecule has 2 heteroatoms. The quantitative estimate of drug-likeness (QED) is 0.646. The Morgan fingerprint density at radius 3 is 2.28 bits per heavy atom. The second kappa shape index (κ2) is 6.34. The summed E-state index contributed by atoms with van der Waals surface area (Å²) in [6.07, 6.45) is 1.14. The van der Waals surface area contributed by atoms with E-state index in [4.69, 9.17) is 0 Å². The Morgan fingerprint density at radius 2 is 1.52 bits per heavy atom. The van der Waals surface area contributed by atoms with Crippen molar-refractivity contribution in [2.24, 2.45) is 0 Å². The van der Waals surface area contributed by atoms with Gasteiger partial charge in [0.15, 0.2) is 0 Å². The molecule has 0 N–H and O–H groups in total. The molecule has 4 rings (SSSR count). The van der Waals surface area contributed by atoms with Crippen molar-refractivity contribution in [3.63, 3.8) is 0 Å². The Bertz CT molecular complexity index is 919. The lowest BCUT2D eigenvalue weighted by atomic mass is 9.95. The van der Waals surface area contributed by atoms with Crippen LogP contribution in [0.25, 0.3) is 10.9 Å². The molecular formula is C23H28N2. The average Bonchev–Trinajstić information content (AvgIpc) is 2.89. The zero-order valence-corrected chi connectivity index (χ0v) is 15.9. The maximum atomic E-state index is 2.59. The van der Waals surface area contributed by atoms with Crippen molar-refractivity contribution in [3.05, 3.63) is 69.9 Å². The summed E-state index contributed by atoms with van der Waals surface area (Å²) in [5.41, 5.74) is 10.2. The van der Waals surface area contributed by atoms with Crippen molar-refractivity contribution < 1.29 is 0 Å².